The van der Waals surface area contributed by atoms with Crippen molar-refractivity contribution in [3.8, 4) is 0 Å². The fourth-order valence-corrected chi connectivity index (χ4v) is 9.46. The van der Waals surface area contributed by atoms with Gasteiger partial charge >= 0.3 is 11.7 Å². The molecular weight excluding hydrogens is 1040 g/mol. The number of hydrogen-bond acceptors (Lipinski definition) is 23. The molecule has 0 spiro atoms. The SMILES string of the molecule is Nc1nc(=O)n([C@@H]2O[C@H](CO)[C@H](O)C2O)cc1CCCNC(=O)CCOCCOCCOCCOCCOCCOCCOCCOCCOCCOCCOCCOCCNC(=O)CCCC[C@@H]1SC[C@@H]2NC(=O)N[C@@H]21. The number of thioether (sulfide) groups is 1. The molecule has 77 heavy (non-hydrogen) atoms. The van der Waals surface area contributed by atoms with E-state index in [-0.39, 0.29) is 48.8 Å². The molecule has 4 rings (SSSR count). The van der Waals surface area contributed by atoms with E-state index in [2.05, 4.69) is 26.3 Å². The Bertz CT molecular complexity index is 1780. The number of hydrogen-bond donors (Lipinski definition) is 8. The van der Waals surface area contributed by atoms with E-state index in [1.165, 1.54) is 6.20 Å². The van der Waals surface area contributed by atoms with Gasteiger partial charge in [-0.2, -0.15) is 16.7 Å². The van der Waals surface area contributed by atoms with Gasteiger partial charge in [0.2, 0.25) is 11.8 Å². The van der Waals surface area contributed by atoms with Crippen molar-refractivity contribution in [1.29, 1.82) is 0 Å². The fourth-order valence-electron chi connectivity index (χ4n) is 7.91. The molecular formula is C49H87N7O20S. The number of amides is 4. The Hall–Kier alpha value is -3.40. The molecule has 3 fully saturated rings. The molecule has 0 radical (unpaired) electrons. The van der Waals surface area contributed by atoms with E-state index < -0.39 is 36.8 Å². The number of aromatic nitrogens is 2. The lowest BCUT2D eigenvalue weighted by molar-refractivity contribution is -0.122. The molecule has 3 aliphatic rings. The second-order valence-electron chi connectivity index (χ2n) is 17.8. The van der Waals surface area contributed by atoms with Gasteiger partial charge in [0.25, 0.3) is 0 Å². The Kier molecular flexibility index (Phi) is 36.5. The number of carbonyl (C=O) groups excluding carboxylic acids is 3. The lowest BCUT2D eigenvalue weighted by atomic mass is 10.0. The molecule has 9 N–H and O–H groups in total. The summed E-state index contributed by atoms with van der Waals surface area (Å²) in [6.07, 6.45) is 0.678. The fraction of sp³-hybridized carbons (Fsp3) is 0.857. The summed E-state index contributed by atoms with van der Waals surface area (Å²) in [4.78, 5) is 51.9. The smallest absolute Gasteiger partial charge is 0.351 e. The highest BCUT2D eigenvalue weighted by Crippen LogP contribution is 2.33. The minimum Gasteiger partial charge on any atom is -0.394 e. The summed E-state index contributed by atoms with van der Waals surface area (Å²) in [5.41, 5.74) is 5.65. The molecule has 1 aromatic heterocycles. The van der Waals surface area contributed by atoms with Crippen molar-refractivity contribution < 1.29 is 91.3 Å². The van der Waals surface area contributed by atoms with Gasteiger partial charge in [0.15, 0.2) is 6.23 Å². The molecule has 3 aliphatic heterocycles. The van der Waals surface area contributed by atoms with Crippen LogP contribution in [0.3, 0.4) is 0 Å². The zero-order valence-electron chi connectivity index (χ0n) is 44.5. The second kappa shape index (κ2) is 42.5. The number of rotatable bonds is 50. The second-order valence-corrected chi connectivity index (χ2v) is 19.1. The molecule has 0 bridgehead atoms. The van der Waals surface area contributed by atoms with E-state index in [1.807, 2.05) is 11.8 Å². The third kappa shape index (κ3) is 29.1. The lowest BCUT2D eigenvalue weighted by Crippen LogP contribution is -2.36. The number of carbonyl (C=O) groups is 3. The van der Waals surface area contributed by atoms with Gasteiger partial charge in [-0.25, -0.2) is 9.59 Å². The largest absolute Gasteiger partial charge is 0.394 e. The highest BCUT2D eigenvalue weighted by Gasteiger charge is 2.44. The molecule has 7 atom stereocenters. The highest BCUT2D eigenvalue weighted by atomic mass is 32.2. The number of unbranched alkanes of at least 4 members (excludes halogenated alkanes) is 1. The summed E-state index contributed by atoms with van der Waals surface area (Å²) in [7, 11) is 0. The number of aryl methyl sites for hydroxylation is 1. The van der Waals surface area contributed by atoms with Crippen LogP contribution < -0.4 is 32.7 Å². The monoisotopic (exact) mass is 1130 g/mol. The van der Waals surface area contributed by atoms with Gasteiger partial charge in [-0.15, -0.1) is 0 Å². The van der Waals surface area contributed by atoms with Crippen LogP contribution in [-0.2, 0) is 77.6 Å². The molecule has 27 nitrogen and oxygen atoms in total. The summed E-state index contributed by atoms with van der Waals surface area (Å²) in [6.45, 7) is 10.6. The molecule has 0 aliphatic carbocycles. The van der Waals surface area contributed by atoms with Crippen molar-refractivity contribution >= 4 is 35.4 Å². The predicted molar refractivity (Wildman–Crippen MR) is 279 cm³/mol. The first-order chi connectivity index (χ1) is 37.7. The molecule has 4 amide bonds. The number of aliphatic hydroxyl groups is 3. The number of aliphatic hydroxyl groups excluding tert-OH is 3. The van der Waals surface area contributed by atoms with Crippen molar-refractivity contribution in [2.45, 2.75) is 86.8 Å². The molecule has 3 saturated heterocycles. The first-order valence-corrected chi connectivity index (χ1v) is 27.9. The number of ether oxygens (including phenoxy) is 13. The van der Waals surface area contributed by atoms with Gasteiger partial charge in [-0.3, -0.25) is 14.2 Å². The van der Waals surface area contributed by atoms with E-state index in [0.29, 0.717) is 195 Å². The number of urea groups is 1. The maximum absolute atomic E-state index is 12.4. The maximum Gasteiger partial charge on any atom is 0.351 e. The Morgan fingerprint density at radius 2 is 1.08 bits per heavy atom. The van der Waals surface area contributed by atoms with Crippen LogP contribution in [0.1, 0.15) is 50.3 Å². The average Bonchev–Trinajstić information content (AvgIpc) is 4.09. The molecule has 4 heterocycles. The predicted octanol–water partition coefficient (Wildman–Crippen LogP) is -2.08. The minimum atomic E-state index is -1.43. The highest BCUT2D eigenvalue weighted by molar-refractivity contribution is 8.00. The van der Waals surface area contributed by atoms with Gasteiger partial charge in [-0.05, 0) is 25.7 Å². The number of nitrogens with zero attached hydrogens (tertiary/aromatic N) is 2. The number of nitrogens with one attached hydrogen (secondary N) is 4. The van der Waals surface area contributed by atoms with Gasteiger partial charge in [0, 0.05) is 48.7 Å². The zero-order valence-corrected chi connectivity index (χ0v) is 45.3. The Morgan fingerprint density at radius 3 is 1.56 bits per heavy atom. The van der Waals surface area contributed by atoms with Gasteiger partial charge in [-0.1, -0.05) is 6.42 Å². The quantitative estimate of drug-likeness (QED) is 0.0256. The number of nitrogen functional groups attached to an aromatic ring is 1. The topological polar surface area (TPSA) is 341 Å². The molecule has 1 aromatic rings. The van der Waals surface area contributed by atoms with Crippen molar-refractivity contribution in [3.63, 3.8) is 0 Å². The number of anilines is 1. The number of nitrogens with two attached hydrogens (primary N) is 1. The first-order valence-electron chi connectivity index (χ1n) is 26.8. The summed E-state index contributed by atoms with van der Waals surface area (Å²) in [6, 6.07) is 0.375. The van der Waals surface area contributed by atoms with Crippen LogP contribution in [0.2, 0.25) is 0 Å². The third-order valence-corrected chi connectivity index (χ3v) is 13.5. The molecule has 0 saturated carbocycles. The minimum absolute atomic E-state index is 0.0177. The van der Waals surface area contributed by atoms with Crippen LogP contribution in [0.15, 0.2) is 11.0 Å². The van der Waals surface area contributed by atoms with Crippen LogP contribution in [0.5, 0.6) is 0 Å². The Balaban J connectivity index is 0.755. The maximum atomic E-state index is 12.4. The lowest BCUT2D eigenvalue weighted by Gasteiger charge is -2.18. The average molecular weight is 1130 g/mol. The van der Waals surface area contributed by atoms with Gasteiger partial charge < -0.3 is 104 Å². The number of fused-ring (bicyclic) bond motifs is 1. The van der Waals surface area contributed by atoms with Crippen molar-refractivity contribution in [2.75, 3.05) is 190 Å². The van der Waals surface area contributed by atoms with E-state index >= 15 is 0 Å². The van der Waals surface area contributed by atoms with Crippen LogP contribution in [0.25, 0.3) is 0 Å². The van der Waals surface area contributed by atoms with Crippen molar-refractivity contribution in [3.05, 3.63) is 22.2 Å². The van der Waals surface area contributed by atoms with Crippen LogP contribution in [0, 0.1) is 0 Å². The molecule has 1 unspecified atom stereocenters. The van der Waals surface area contributed by atoms with Gasteiger partial charge in [0.05, 0.1) is 177 Å². The van der Waals surface area contributed by atoms with Crippen molar-refractivity contribution in [2.24, 2.45) is 0 Å². The first kappa shape index (κ1) is 66.1. The van der Waals surface area contributed by atoms with Gasteiger partial charge in [0.1, 0.15) is 24.1 Å². The standard InChI is InChI=1S/C49H87N7O20S/c50-46-37(34-56(49(63)55-46)47-45(61)44(60)39(35-57)76-47)4-3-8-51-42(59)7-10-64-12-14-66-16-18-68-20-22-70-24-26-72-28-30-74-32-33-75-31-29-73-27-25-71-23-21-69-19-17-67-15-13-65-11-9-52-41(58)6-2-1-5-40-43-38(36-77-40)53-48(62)54-43/h34,38-40,43-45,47,57,60-61H,1-33,35-36H2,(H,51,59)(H,52,58)(H2,50,55,63)(H2,53,54,62)/t38-,39+,40-,43-,44-,45?,47+/m0/s1. The Morgan fingerprint density at radius 1 is 0.623 bits per heavy atom. The Labute approximate surface area is 455 Å². The van der Waals surface area contributed by atoms with E-state index in [9.17, 15) is 34.5 Å². The molecule has 444 valence electrons. The molecule has 0 aromatic carbocycles. The summed E-state index contributed by atoms with van der Waals surface area (Å²) in [5.74, 6) is 0.812. The zero-order chi connectivity index (χ0) is 55.0. The van der Waals surface area contributed by atoms with Crippen LogP contribution >= 0.6 is 11.8 Å². The third-order valence-electron chi connectivity index (χ3n) is 12.0. The van der Waals surface area contributed by atoms with E-state index in [1.54, 1.807) is 0 Å². The molecule has 28 heteroatoms. The normalized spacial score (nSPS) is 20.9. The van der Waals surface area contributed by atoms with Crippen LogP contribution in [-0.4, -0.2) is 262 Å². The van der Waals surface area contributed by atoms with E-state index in [0.717, 1.165) is 29.6 Å². The summed E-state index contributed by atoms with van der Waals surface area (Å²) < 4.78 is 72.5. The van der Waals surface area contributed by atoms with Crippen molar-refractivity contribution in [1.82, 2.24) is 30.8 Å². The summed E-state index contributed by atoms with van der Waals surface area (Å²) in [5, 5.41) is 41.7. The summed E-state index contributed by atoms with van der Waals surface area (Å²) >= 11 is 1.89. The van der Waals surface area contributed by atoms with Crippen LogP contribution in [0.4, 0.5) is 10.6 Å². The van der Waals surface area contributed by atoms with E-state index in [4.69, 9.17) is 67.3 Å².